The summed E-state index contributed by atoms with van der Waals surface area (Å²) in [5.74, 6) is 4.08. The molecule has 1 aromatic rings. The number of halogens is 1. The van der Waals surface area contributed by atoms with Gasteiger partial charge in [-0.2, -0.15) is 0 Å². The van der Waals surface area contributed by atoms with Gasteiger partial charge in [0.25, 0.3) is 0 Å². The highest BCUT2D eigenvalue weighted by atomic mass is 127. The van der Waals surface area contributed by atoms with Gasteiger partial charge in [-0.3, -0.25) is 4.99 Å². The lowest BCUT2D eigenvalue weighted by Crippen LogP contribution is -2.42. The molecule has 1 N–H and O–H groups in total. The number of benzene rings is 1. The van der Waals surface area contributed by atoms with Crippen LogP contribution in [-0.4, -0.2) is 56.0 Å². The van der Waals surface area contributed by atoms with Crippen LogP contribution >= 0.6 is 24.0 Å². The Kier molecular flexibility index (Phi) is 5.90. The Balaban J connectivity index is 0.00000205. The van der Waals surface area contributed by atoms with Crippen LogP contribution in [-0.2, 0) is 10.2 Å². The Labute approximate surface area is 190 Å². The third-order valence-corrected chi connectivity index (χ3v) is 6.87. The van der Waals surface area contributed by atoms with Crippen molar-refractivity contribution in [2.75, 3.05) is 33.0 Å². The maximum Gasteiger partial charge on any atom is 0.231 e. The fraction of sp³-hybridized carbons (Fsp3) is 0.682. The first-order valence-corrected chi connectivity index (χ1v) is 10.6. The van der Waals surface area contributed by atoms with E-state index in [-0.39, 0.29) is 29.4 Å². The molecule has 5 rings (SSSR count). The predicted octanol–water partition coefficient (Wildman–Crippen LogP) is 3.39. The molecular formula is C22H32IN3O3. The van der Waals surface area contributed by atoms with Crippen molar-refractivity contribution in [2.24, 2.45) is 16.8 Å². The predicted molar refractivity (Wildman–Crippen MR) is 123 cm³/mol. The minimum absolute atomic E-state index is 0. The third kappa shape index (κ3) is 3.80. The summed E-state index contributed by atoms with van der Waals surface area (Å²) in [7, 11) is 0. The summed E-state index contributed by atoms with van der Waals surface area (Å²) < 4.78 is 17.1. The Morgan fingerprint density at radius 3 is 2.52 bits per heavy atom. The van der Waals surface area contributed by atoms with Gasteiger partial charge >= 0.3 is 0 Å². The molecule has 3 saturated heterocycles. The molecule has 2 bridgehead atoms. The number of likely N-dealkylation sites (tertiary alicyclic amines) is 1. The number of nitrogens with one attached hydrogen (secondary N) is 1. The van der Waals surface area contributed by atoms with Crippen LogP contribution in [0, 0.1) is 11.8 Å². The molecule has 4 atom stereocenters. The van der Waals surface area contributed by atoms with Crippen LogP contribution in [0.3, 0.4) is 0 Å². The quantitative estimate of drug-likeness (QED) is 0.380. The average Bonchev–Trinajstić information content (AvgIpc) is 3.45. The van der Waals surface area contributed by atoms with Crippen molar-refractivity contribution in [1.29, 1.82) is 0 Å². The van der Waals surface area contributed by atoms with Crippen molar-refractivity contribution in [1.82, 2.24) is 10.2 Å². The van der Waals surface area contributed by atoms with Gasteiger partial charge in [0, 0.05) is 36.9 Å². The maximum atomic E-state index is 6.13. The molecule has 0 spiro atoms. The highest BCUT2D eigenvalue weighted by molar-refractivity contribution is 14.0. The number of fused-ring (bicyclic) bond motifs is 6. The lowest BCUT2D eigenvalue weighted by atomic mass is 9.82. The molecule has 1 aromatic carbocycles. The van der Waals surface area contributed by atoms with E-state index in [1.807, 2.05) is 6.07 Å². The Hall–Kier alpha value is -1.22. The molecule has 0 saturated carbocycles. The molecule has 6 nitrogen and oxygen atoms in total. The van der Waals surface area contributed by atoms with E-state index in [1.54, 1.807) is 0 Å². The molecule has 160 valence electrons. The van der Waals surface area contributed by atoms with Crippen molar-refractivity contribution in [3.8, 4) is 11.5 Å². The van der Waals surface area contributed by atoms with Crippen molar-refractivity contribution in [2.45, 2.75) is 51.2 Å². The third-order valence-electron chi connectivity index (χ3n) is 6.87. The zero-order valence-electron chi connectivity index (χ0n) is 17.5. The summed E-state index contributed by atoms with van der Waals surface area (Å²) >= 11 is 0. The number of hydrogen-bond donors (Lipinski definition) is 1. The first-order valence-electron chi connectivity index (χ1n) is 10.6. The Morgan fingerprint density at radius 1 is 1.14 bits per heavy atom. The highest BCUT2D eigenvalue weighted by Gasteiger charge is 2.53. The SMILES string of the molecule is CCNC(=NCC(C)(C)c1ccc2c(c1)OCO2)N1CC2C3CCC(O3)C2C1.I. The molecular weight excluding hydrogens is 481 g/mol. The average molecular weight is 513 g/mol. The molecule has 0 aliphatic carbocycles. The van der Waals surface area contributed by atoms with E-state index < -0.39 is 0 Å². The second-order valence-electron chi connectivity index (χ2n) is 9.15. The van der Waals surface area contributed by atoms with E-state index in [2.05, 4.69) is 43.1 Å². The van der Waals surface area contributed by atoms with Crippen LogP contribution in [0.1, 0.15) is 39.2 Å². The number of guanidine groups is 1. The van der Waals surface area contributed by atoms with E-state index >= 15 is 0 Å². The molecule has 4 unspecified atom stereocenters. The molecule has 0 radical (unpaired) electrons. The molecule has 3 fully saturated rings. The van der Waals surface area contributed by atoms with E-state index in [0.29, 0.717) is 30.8 Å². The van der Waals surface area contributed by atoms with E-state index in [9.17, 15) is 0 Å². The number of ether oxygens (including phenoxy) is 3. The zero-order chi connectivity index (χ0) is 19.3. The number of hydrogen-bond acceptors (Lipinski definition) is 4. The van der Waals surface area contributed by atoms with Crippen molar-refractivity contribution in [3.05, 3.63) is 23.8 Å². The molecule has 0 aromatic heterocycles. The van der Waals surface area contributed by atoms with Crippen LogP contribution in [0.15, 0.2) is 23.2 Å². The van der Waals surface area contributed by atoms with Gasteiger partial charge in [-0.05, 0) is 37.5 Å². The van der Waals surface area contributed by atoms with E-state index in [0.717, 1.165) is 43.6 Å². The van der Waals surface area contributed by atoms with Crippen molar-refractivity contribution in [3.63, 3.8) is 0 Å². The number of aliphatic imine (C=N–C) groups is 1. The zero-order valence-corrected chi connectivity index (χ0v) is 19.8. The molecule has 4 aliphatic rings. The topological polar surface area (TPSA) is 55.3 Å². The first-order chi connectivity index (χ1) is 13.5. The Bertz CT molecular complexity index is 767. The van der Waals surface area contributed by atoms with Crippen LogP contribution in [0.2, 0.25) is 0 Å². The van der Waals surface area contributed by atoms with Crippen molar-refractivity contribution < 1.29 is 14.2 Å². The van der Waals surface area contributed by atoms with Crippen LogP contribution in [0.5, 0.6) is 11.5 Å². The van der Waals surface area contributed by atoms with Gasteiger partial charge in [0.2, 0.25) is 6.79 Å². The molecule has 4 aliphatic heterocycles. The number of nitrogens with zero attached hydrogens (tertiary/aromatic N) is 2. The summed E-state index contributed by atoms with van der Waals surface area (Å²) in [6, 6.07) is 6.23. The summed E-state index contributed by atoms with van der Waals surface area (Å²) in [5.41, 5.74) is 1.14. The largest absolute Gasteiger partial charge is 0.454 e. The monoisotopic (exact) mass is 513 g/mol. The fourth-order valence-electron chi connectivity index (χ4n) is 5.24. The van der Waals surface area contributed by atoms with Gasteiger partial charge in [0.1, 0.15) is 0 Å². The van der Waals surface area contributed by atoms with Gasteiger partial charge in [-0.25, -0.2) is 0 Å². The smallest absolute Gasteiger partial charge is 0.231 e. The van der Waals surface area contributed by atoms with Gasteiger partial charge in [0.05, 0.1) is 18.8 Å². The maximum absolute atomic E-state index is 6.13. The second kappa shape index (κ2) is 8.13. The molecule has 0 amide bonds. The molecule has 7 heteroatoms. The molecule has 29 heavy (non-hydrogen) atoms. The van der Waals surface area contributed by atoms with Gasteiger partial charge in [0.15, 0.2) is 17.5 Å². The first kappa shape index (κ1) is 21.0. The van der Waals surface area contributed by atoms with Crippen LogP contribution in [0.25, 0.3) is 0 Å². The Morgan fingerprint density at radius 2 is 1.83 bits per heavy atom. The fourth-order valence-corrected chi connectivity index (χ4v) is 5.24. The standard InChI is InChI=1S/C22H31N3O3.HI/c1-4-23-21(25-10-15-16(11-25)18-8-7-17(15)28-18)24-12-22(2,3)14-5-6-19-20(9-14)27-13-26-19;/h5-6,9,15-18H,4,7-8,10-13H2,1-3H3,(H,23,24);1H. The van der Waals surface area contributed by atoms with E-state index in [1.165, 1.54) is 18.4 Å². The summed E-state index contributed by atoms with van der Waals surface area (Å²) in [6.45, 7) is 10.7. The van der Waals surface area contributed by atoms with Gasteiger partial charge < -0.3 is 24.4 Å². The minimum atomic E-state index is -0.0839. The lowest BCUT2D eigenvalue weighted by Gasteiger charge is -2.27. The second-order valence-corrected chi connectivity index (χ2v) is 9.15. The highest BCUT2D eigenvalue weighted by Crippen LogP contribution is 2.47. The van der Waals surface area contributed by atoms with Crippen molar-refractivity contribution >= 4 is 29.9 Å². The minimum Gasteiger partial charge on any atom is -0.454 e. The van der Waals surface area contributed by atoms with E-state index in [4.69, 9.17) is 19.2 Å². The summed E-state index contributed by atoms with van der Waals surface area (Å²) in [5, 5.41) is 3.52. The summed E-state index contributed by atoms with van der Waals surface area (Å²) in [4.78, 5) is 7.51. The molecule has 4 heterocycles. The summed E-state index contributed by atoms with van der Waals surface area (Å²) in [6.07, 6.45) is 3.44. The number of rotatable bonds is 4. The van der Waals surface area contributed by atoms with Crippen LogP contribution in [0.4, 0.5) is 0 Å². The van der Waals surface area contributed by atoms with Gasteiger partial charge in [-0.1, -0.05) is 19.9 Å². The van der Waals surface area contributed by atoms with Crippen LogP contribution < -0.4 is 14.8 Å². The van der Waals surface area contributed by atoms with Gasteiger partial charge in [-0.15, -0.1) is 24.0 Å². The lowest BCUT2D eigenvalue weighted by molar-refractivity contribution is 0.0767. The normalized spacial score (nSPS) is 29.8.